The summed E-state index contributed by atoms with van der Waals surface area (Å²) in [5.74, 6) is 1.000. The van der Waals surface area contributed by atoms with Gasteiger partial charge in [0.05, 0.1) is 16.4 Å². The van der Waals surface area contributed by atoms with Crippen LogP contribution in [0.2, 0.25) is 5.02 Å². The minimum absolute atomic E-state index is 0.00602. The highest BCUT2D eigenvalue weighted by molar-refractivity contribution is 6.32. The Balaban J connectivity index is 1.54. The van der Waals surface area contributed by atoms with Crippen LogP contribution in [0.4, 0.5) is 0 Å². The number of halogens is 1. The Kier molecular flexibility index (Phi) is 4.04. The summed E-state index contributed by atoms with van der Waals surface area (Å²) in [7, 11) is 0. The summed E-state index contributed by atoms with van der Waals surface area (Å²) in [6.07, 6.45) is 9.40. The van der Waals surface area contributed by atoms with Crippen molar-refractivity contribution >= 4 is 17.5 Å². The van der Waals surface area contributed by atoms with E-state index in [1.165, 1.54) is 43.4 Å². The van der Waals surface area contributed by atoms with Gasteiger partial charge in [-0.2, -0.15) is 5.10 Å². The highest BCUT2D eigenvalue weighted by Gasteiger charge is 2.44. The van der Waals surface area contributed by atoms with Crippen molar-refractivity contribution in [2.45, 2.75) is 69.2 Å². The third-order valence-electron chi connectivity index (χ3n) is 6.42. The molecule has 136 valence electrons. The van der Waals surface area contributed by atoms with Crippen LogP contribution in [-0.2, 0) is 0 Å². The standard InChI is InChI=1S/C21H24ClN3O/c22-16-8-4-5-9-17(16)25-20-14-11-10-13(12-14)18(20)19(24-25)21(26)23-15-6-2-1-3-7-15/h4-5,8-9,13-15H,1-3,6-7,10-12H2,(H,23,26). The minimum Gasteiger partial charge on any atom is -0.348 e. The van der Waals surface area contributed by atoms with Crippen molar-refractivity contribution in [3.8, 4) is 5.69 Å². The SMILES string of the molecule is O=C(NC1CCCCC1)c1nn(-c2ccccc2Cl)c2c1C1CCC2C1. The molecule has 1 aromatic carbocycles. The second kappa shape index (κ2) is 6.41. The van der Waals surface area contributed by atoms with E-state index in [1.807, 2.05) is 28.9 Å². The summed E-state index contributed by atoms with van der Waals surface area (Å²) in [6.45, 7) is 0. The number of hydrogen-bond donors (Lipinski definition) is 1. The molecule has 0 aliphatic heterocycles. The van der Waals surface area contributed by atoms with E-state index in [0.717, 1.165) is 24.9 Å². The Morgan fingerprint density at radius 3 is 2.65 bits per heavy atom. The molecule has 2 unspecified atom stereocenters. The maximum Gasteiger partial charge on any atom is 0.272 e. The van der Waals surface area contributed by atoms with Gasteiger partial charge in [-0.05, 0) is 50.2 Å². The van der Waals surface area contributed by atoms with Crippen LogP contribution < -0.4 is 5.32 Å². The number of aromatic nitrogens is 2. The van der Waals surface area contributed by atoms with Crippen LogP contribution in [-0.4, -0.2) is 21.7 Å². The predicted molar refractivity (Wildman–Crippen MR) is 102 cm³/mol. The molecule has 5 heteroatoms. The molecule has 4 nitrogen and oxygen atoms in total. The smallest absolute Gasteiger partial charge is 0.272 e. The average molecular weight is 370 g/mol. The number of amides is 1. The first-order valence-corrected chi connectivity index (χ1v) is 10.3. The van der Waals surface area contributed by atoms with E-state index in [0.29, 0.717) is 28.6 Å². The lowest BCUT2D eigenvalue weighted by Crippen LogP contribution is -2.36. The Hall–Kier alpha value is -1.81. The molecule has 0 saturated heterocycles. The number of benzene rings is 1. The van der Waals surface area contributed by atoms with Crippen LogP contribution in [0.1, 0.15) is 84.9 Å². The van der Waals surface area contributed by atoms with Gasteiger partial charge in [-0.15, -0.1) is 0 Å². The van der Waals surface area contributed by atoms with Crippen molar-refractivity contribution in [3.63, 3.8) is 0 Å². The van der Waals surface area contributed by atoms with Crippen molar-refractivity contribution in [2.24, 2.45) is 0 Å². The van der Waals surface area contributed by atoms with Gasteiger partial charge in [-0.3, -0.25) is 4.79 Å². The summed E-state index contributed by atoms with van der Waals surface area (Å²) in [5.41, 5.74) is 3.94. The van der Waals surface area contributed by atoms with Crippen LogP contribution >= 0.6 is 11.6 Å². The van der Waals surface area contributed by atoms with Gasteiger partial charge in [-0.25, -0.2) is 4.68 Å². The molecular formula is C21H24ClN3O. The predicted octanol–water partition coefficient (Wildman–Crippen LogP) is 4.95. The summed E-state index contributed by atoms with van der Waals surface area (Å²) in [5, 5.41) is 8.73. The third kappa shape index (κ3) is 2.58. The topological polar surface area (TPSA) is 46.9 Å². The first-order chi connectivity index (χ1) is 12.7. The number of fused-ring (bicyclic) bond motifs is 5. The second-order valence-corrected chi connectivity index (χ2v) is 8.43. The van der Waals surface area contributed by atoms with Gasteiger partial charge >= 0.3 is 0 Å². The number of carbonyl (C=O) groups is 1. The van der Waals surface area contributed by atoms with E-state index in [9.17, 15) is 4.79 Å². The largest absolute Gasteiger partial charge is 0.348 e. The molecular weight excluding hydrogens is 346 g/mol. The molecule has 2 bridgehead atoms. The molecule has 2 aromatic rings. The number of hydrogen-bond acceptors (Lipinski definition) is 2. The van der Waals surface area contributed by atoms with Crippen LogP contribution in [0.25, 0.3) is 5.69 Å². The molecule has 3 aliphatic carbocycles. The van der Waals surface area contributed by atoms with Gasteiger partial charge < -0.3 is 5.32 Å². The van der Waals surface area contributed by atoms with Gasteiger partial charge in [0.25, 0.3) is 5.91 Å². The van der Waals surface area contributed by atoms with Crippen LogP contribution in [0.15, 0.2) is 24.3 Å². The van der Waals surface area contributed by atoms with E-state index >= 15 is 0 Å². The first-order valence-electron chi connectivity index (χ1n) is 9.91. The maximum atomic E-state index is 13.1. The minimum atomic E-state index is 0.00602. The molecule has 5 rings (SSSR count). The number of nitrogens with zero attached hydrogens (tertiary/aromatic N) is 2. The normalized spacial score (nSPS) is 24.7. The van der Waals surface area contributed by atoms with Crippen molar-refractivity contribution < 1.29 is 4.79 Å². The number of para-hydroxylation sites is 1. The molecule has 1 amide bonds. The highest BCUT2D eigenvalue weighted by Crippen LogP contribution is 2.54. The average Bonchev–Trinajstić information content (AvgIpc) is 3.36. The molecule has 0 spiro atoms. The lowest BCUT2D eigenvalue weighted by Gasteiger charge is -2.22. The Labute approximate surface area is 158 Å². The maximum absolute atomic E-state index is 13.1. The van der Waals surface area contributed by atoms with Gasteiger partial charge in [0.1, 0.15) is 0 Å². The molecule has 1 aromatic heterocycles. The van der Waals surface area contributed by atoms with Gasteiger partial charge in [-0.1, -0.05) is 43.0 Å². The molecule has 2 atom stereocenters. The zero-order chi connectivity index (χ0) is 17.7. The van der Waals surface area contributed by atoms with Crippen molar-refractivity contribution in [1.29, 1.82) is 0 Å². The molecule has 3 aliphatic rings. The van der Waals surface area contributed by atoms with E-state index in [-0.39, 0.29) is 5.91 Å². The van der Waals surface area contributed by atoms with E-state index < -0.39 is 0 Å². The van der Waals surface area contributed by atoms with Gasteiger partial charge in [0.2, 0.25) is 0 Å². The molecule has 0 radical (unpaired) electrons. The molecule has 1 N–H and O–H groups in total. The van der Waals surface area contributed by atoms with E-state index in [2.05, 4.69) is 5.32 Å². The van der Waals surface area contributed by atoms with Gasteiger partial charge in [0, 0.05) is 17.5 Å². The number of nitrogens with one attached hydrogen (secondary N) is 1. The van der Waals surface area contributed by atoms with Crippen LogP contribution in [0, 0.1) is 0 Å². The number of carbonyl (C=O) groups excluding carboxylic acids is 1. The van der Waals surface area contributed by atoms with E-state index in [4.69, 9.17) is 16.7 Å². The van der Waals surface area contributed by atoms with Crippen molar-refractivity contribution in [1.82, 2.24) is 15.1 Å². The molecule has 1 heterocycles. The fraction of sp³-hybridized carbons (Fsp3) is 0.524. The molecule has 2 fully saturated rings. The third-order valence-corrected chi connectivity index (χ3v) is 6.74. The van der Waals surface area contributed by atoms with Crippen molar-refractivity contribution in [2.75, 3.05) is 0 Å². The summed E-state index contributed by atoms with van der Waals surface area (Å²) in [6, 6.07) is 8.09. The highest BCUT2D eigenvalue weighted by atomic mass is 35.5. The second-order valence-electron chi connectivity index (χ2n) is 8.03. The monoisotopic (exact) mass is 369 g/mol. The van der Waals surface area contributed by atoms with Crippen molar-refractivity contribution in [3.05, 3.63) is 46.2 Å². The lowest BCUT2D eigenvalue weighted by atomic mass is 9.93. The summed E-state index contributed by atoms with van der Waals surface area (Å²) < 4.78 is 1.96. The Morgan fingerprint density at radius 2 is 1.85 bits per heavy atom. The summed E-state index contributed by atoms with van der Waals surface area (Å²) >= 11 is 6.45. The first kappa shape index (κ1) is 16.4. The Bertz CT molecular complexity index is 853. The molecule has 2 saturated carbocycles. The van der Waals surface area contributed by atoms with E-state index in [1.54, 1.807) is 0 Å². The molecule has 26 heavy (non-hydrogen) atoms. The van der Waals surface area contributed by atoms with Crippen LogP contribution in [0.3, 0.4) is 0 Å². The zero-order valence-electron chi connectivity index (χ0n) is 14.9. The Morgan fingerprint density at radius 1 is 1.08 bits per heavy atom. The fourth-order valence-corrected chi connectivity index (χ4v) is 5.42. The van der Waals surface area contributed by atoms with Crippen LogP contribution in [0.5, 0.6) is 0 Å². The number of rotatable bonds is 3. The van der Waals surface area contributed by atoms with Gasteiger partial charge in [0.15, 0.2) is 5.69 Å². The summed E-state index contributed by atoms with van der Waals surface area (Å²) in [4.78, 5) is 13.1. The lowest BCUT2D eigenvalue weighted by molar-refractivity contribution is 0.0921. The zero-order valence-corrected chi connectivity index (χ0v) is 15.6. The fourth-order valence-electron chi connectivity index (χ4n) is 5.21. The quantitative estimate of drug-likeness (QED) is 0.831.